The molecule has 0 aliphatic heterocycles. The normalized spacial score (nSPS) is 15.0. The van der Waals surface area contributed by atoms with Crippen LogP contribution in [0.15, 0.2) is 36.4 Å². The fraction of sp³-hybridized carbons (Fsp3) is 0.320. The number of Topliss-reactive ketones (excluding diaryl/α,β-unsaturated/α-hetero) is 1. The summed E-state index contributed by atoms with van der Waals surface area (Å²) in [5, 5.41) is -1.43. The second kappa shape index (κ2) is 10.2. The van der Waals surface area contributed by atoms with Gasteiger partial charge in [-0.2, -0.15) is 26.3 Å². The van der Waals surface area contributed by atoms with E-state index in [0.717, 1.165) is 24.6 Å². The monoisotopic (exact) mass is 676 g/mol. The molecule has 7 nitrogen and oxygen atoms in total. The van der Waals surface area contributed by atoms with Crippen LogP contribution in [0.4, 0.5) is 26.3 Å². The molecule has 0 saturated carbocycles. The van der Waals surface area contributed by atoms with E-state index in [-0.39, 0.29) is 22.2 Å². The maximum atomic E-state index is 13.7. The molecule has 2 aromatic heterocycles. The Kier molecular flexibility index (Phi) is 7.79. The number of hydrogen-bond acceptors (Lipinski definition) is 5. The lowest BCUT2D eigenvalue weighted by atomic mass is 9.91. The van der Waals surface area contributed by atoms with Crippen molar-refractivity contribution in [2.45, 2.75) is 38.0 Å². The fourth-order valence-electron chi connectivity index (χ4n) is 4.89. The van der Waals surface area contributed by atoms with Crippen molar-refractivity contribution in [1.82, 2.24) is 7.94 Å². The number of fused-ring (bicyclic) bond motifs is 2. The van der Waals surface area contributed by atoms with Gasteiger partial charge in [-0.15, -0.1) is 0 Å². The number of hydrogen-bond donors (Lipinski definition) is 0. The van der Waals surface area contributed by atoms with Crippen LogP contribution < -0.4 is 0 Å². The molecule has 0 aliphatic rings. The summed E-state index contributed by atoms with van der Waals surface area (Å²) >= 11 is 11.6. The van der Waals surface area contributed by atoms with Crippen molar-refractivity contribution in [3.63, 3.8) is 0 Å². The van der Waals surface area contributed by atoms with Crippen LogP contribution >= 0.6 is 23.2 Å². The van der Waals surface area contributed by atoms with Gasteiger partial charge >= 0.3 is 12.4 Å². The number of carbonyl (C=O) groups excluding carboxylic acids is 1. The van der Waals surface area contributed by atoms with Gasteiger partial charge in [0.25, 0.3) is 0 Å². The molecule has 228 valence electrons. The van der Waals surface area contributed by atoms with Crippen LogP contribution in [0.1, 0.15) is 48.2 Å². The third-order valence-corrected chi connectivity index (χ3v) is 9.53. The molecule has 0 fully saturated rings. The molecule has 2 atom stereocenters. The minimum Gasteiger partial charge on any atom is -0.298 e. The van der Waals surface area contributed by atoms with Gasteiger partial charge in [-0.3, -0.25) is 4.79 Å². The molecule has 4 rings (SSSR count). The van der Waals surface area contributed by atoms with Crippen molar-refractivity contribution in [3.8, 4) is 0 Å². The van der Waals surface area contributed by atoms with Crippen LogP contribution in [0.2, 0.25) is 10.0 Å². The van der Waals surface area contributed by atoms with Crippen LogP contribution in [0.5, 0.6) is 0 Å². The van der Waals surface area contributed by atoms with Gasteiger partial charge in [0.1, 0.15) is 5.78 Å². The van der Waals surface area contributed by atoms with Crippen molar-refractivity contribution in [3.05, 3.63) is 69.0 Å². The number of aromatic nitrogens is 2. The van der Waals surface area contributed by atoms with Gasteiger partial charge < -0.3 is 0 Å². The van der Waals surface area contributed by atoms with Crippen molar-refractivity contribution >= 4 is 70.8 Å². The quantitative estimate of drug-likeness (QED) is 0.204. The van der Waals surface area contributed by atoms with Crippen molar-refractivity contribution in [1.29, 1.82) is 0 Å². The number of rotatable bonds is 6. The molecule has 4 aromatic rings. The number of carbonyl (C=O) groups is 1. The van der Waals surface area contributed by atoms with Gasteiger partial charge in [0.15, 0.2) is 0 Å². The summed E-state index contributed by atoms with van der Waals surface area (Å²) < 4.78 is 133. The molecule has 2 unspecified atom stereocenters. The lowest BCUT2D eigenvalue weighted by Gasteiger charge is -2.20. The first-order valence-electron chi connectivity index (χ1n) is 11.7. The smallest absolute Gasteiger partial charge is 0.298 e. The topological polar surface area (TPSA) is 95.2 Å². The number of nitrogens with zero attached hydrogens (tertiary/aromatic N) is 2. The van der Waals surface area contributed by atoms with Crippen molar-refractivity contribution < 1.29 is 48.0 Å². The van der Waals surface area contributed by atoms with Gasteiger partial charge in [0.2, 0.25) is 20.0 Å². The van der Waals surface area contributed by atoms with Crippen LogP contribution in [0, 0.1) is 0 Å². The third kappa shape index (κ3) is 5.63. The van der Waals surface area contributed by atoms with E-state index in [0.29, 0.717) is 20.1 Å². The van der Waals surface area contributed by atoms with E-state index < -0.39 is 82.2 Å². The molecule has 0 amide bonds. The van der Waals surface area contributed by atoms with Crippen LogP contribution in [-0.4, -0.2) is 43.1 Å². The van der Waals surface area contributed by atoms with E-state index in [4.69, 9.17) is 23.2 Å². The minimum absolute atomic E-state index is 0.0136. The van der Waals surface area contributed by atoms with E-state index in [9.17, 15) is 48.0 Å². The molecular weight excluding hydrogens is 657 g/mol. The molecule has 0 saturated heterocycles. The highest BCUT2D eigenvalue weighted by Crippen LogP contribution is 2.42. The number of benzene rings is 2. The van der Waals surface area contributed by atoms with Gasteiger partial charge in [-0.1, -0.05) is 23.2 Å². The molecule has 0 aliphatic carbocycles. The van der Waals surface area contributed by atoms with E-state index in [1.807, 2.05) is 0 Å². The molecule has 42 heavy (non-hydrogen) atoms. The largest absolute Gasteiger partial charge is 0.417 e. The Morgan fingerprint density at radius 1 is 0.667 bits per heavy atom. The maximum Gasteiger partial charge on any atom is 0.417 e. The summed E-state index contributed by atoms with van der Waals surface area (Å²) in [6, 6.07) is 5.28. The Hall–Kier alpha value is -2.75. The molecule has 0 radical (unpaired) electrons. The van der Waals surface area contributed by atoms with E-state index in [1.165, 1.54) is 26.0 Å². The second-order valence-electron chi connectivity index (χ2n) is 9.82. The SMILES string of the molecule is CC(C(=O)C(C)c1cc2cc(Cl)c(C(F)(F)F)cc2n1S(C)(=O)=O)c1cc2cc(Cl)c(C(F)(F)F)cc2n1S(C)(=O)=O. The number of ketones is 1. The Balaban J connectivity index is 1.92. The highest BCUT2D eigenvalue weighted by Gasteiger charge is 2.38. The highest BCUT2D eigenvalue weighted by atomic mass is 35.5. The van der Waals surface area contributed by atoms with Crippen LogP contribution in [0.3, 0.4) is 0 Å². The predicted molar refractivity (Wildman–Crippen MR) is 146 cm³/mol. The van der Waals surface area contributed by atoms with Crippen molar-refractivity contribution in [2.75, 3.05) is 12.5 Å². The Labute approximate surface area is 245 Å². The van der Waals surface area contributed by atoms with Gasteiger partial charge in [0.05, 0.1) is 56.6 Å². The summed E-state index contributed by atoms with van der Waals surface area (Å²) in [6.45, 7) is 2.54. The van der Waals surface area contributed by atoms with E-state index in [2.05, 4.69) is 0 Å². The summed E-state index contributed by atoms with van der Waals surface area (Å²) in [6.07, 6.45) is -8.38. The zero-order valence-electron chi connectivity index (χ0n) is 21.9. The van der Waals surface area contributed by atoms with Gasteiger partial charge in [0, 0.05) is 22.2 Å². The zero-order chi connectivity index (χ0) is 31.9. The lowest BCUT2D eigenvalue weighted by molar-refractivity contribution is -0.138. The van der Waals surface area contributed by atoms with Crippen LogP contribution in [-0.2, 0) is 37.2 Å². The van der Waals surface area contributed by atoms with Gasteiger partial charge in [-0.05, 0) is 50.2 Å². The van der Waals surface area contributed by atoms with Crippen molar-refractivity contribution in [2.24, 2.45) is 0 Å². The Bertz CT molecular complexity index is 1850. The van der Waals surface area contributed by atoms with Crippen LogP contribution in [0.25, 0.3) is 21.8 Å². The Morgan fingerprint density at radius 2 is 0.976 bits per heavy atom. The first kappa shape index (κ1) is 32.2. The maximum absolute atomic E-state index is 13.7. The van der Waals surface area contributed by atoms with E-state index in [1.54, 1.807) is 0 Å². The fourth-order valence-corrected chi connectivity index (χ4v) is 7.67. The molecule has 2 aromatic carbocycles. The predicted octanol–water partition coefficient (Wildman–Crippen LogP) is 7.03. The summed E-state index contributed by atoms with van der Waals surface area (Å²) in [5.74, 6) is -3.48. The minimum atomic E-state index is -4.91. The second-order valence-corrected chi connectivity index (χ2v) is 14.3. The average Bonchev–Trinajstić information content (AvgIpc) is 3.37. The zero-order valence-corrected chi connectivity index (χ0v) is 25.0. The standard InChI is InChI=1S/C25H20Cl2F6N2O5S2/c1-11(19-7-13-5-17(26)15(24(28,29)30)9-21(13)34(19)41(3,37)38)23(36)12(2)20-8-14-6-18(27)16(25(31,32)33)10-22(14)35(20)42(4,39)40/h5-12H,1-4H3. The van der Waals surface area contributed by atoms with E-state index >= 15 is 0 Å². The molecular formula is C25H20Cl2F6N2O5S2. The summed E-state index contributed by atoms with van der Waals surface area (Å²) in [7, 11) is -8.61. The third-order valence-electron chi connectivity index (χ3n) is 6.76. The molecule has 2 heterocycles. The molecule has 0 spiro atoms. The molecule has 17 heteroatoms. The number of halogens is 8. The Morgan fingerprint density at radius 3 is 1.24 bits per heavy atom. The average molecular weight is 677 g/mol. The first-order chi connectivity index (χ1) is 18.9. The number of alkyl halides is 6. The highest BCUT2D eigenvalue weighted by molar-refractivity contribution is 7.89. The summed E-state index contributed by atoms with van der Waals surface area (Å²) in [4.78, 5) is 13.7. The molecule has 0 bridgehead atoms. The lowest BCUT2D eigenvalue weighted by Crippen LogP contribution is -2.24. The van der Waals surface area contributed by atoms with Gasteiger partial charge in [-0.25, -0.2) is 24.8 Å². The molecule has 0 N–H and O–H groups in total. The first-order valence-corrected chi connectivity index (χ1v) is 16.2. The summed E-state index contributed by atoms with van der Waals surface area (Å²) in [5.41, 5.74) is -3.85.